The minimum Gasteiger partial charge on any atom is -0.462 e. The Labute approximate surface area is 228 Å². The number of hydrogen-bond acceptors (Lipinski definition) is 6. The Morgan fingerprint density at radius 1 is 0.921 bits per heavy atom. The van der Waals surface area contributed by atoms with Crippen LogP contribution in [-0.2, 0) is 9.53 Å². The summed E-state index contributed by atoms with van der Waals surface area (Å²) in [7, 11) is 0. The lowest BCUT2D eigenvalue weighted by Gasteiger charge is -2.38. The molecule has 0 saturated carbocycles. The molecule has 1 aliphatic heterocycles. The van der Waals surface area contributed by atoms with Gasteiger partial charge in [0.1, 0.15) is 24.1 Å². The maximum absolute atomic E-state index is 12.0. The summed E-state index contributed by atoms with van der Waals surface area (Å²) in [5.74, 6) is 1.12. The number of unbranched alkanes of at least 4 members (excludes halogenated alkanes) is 9. The van der Waals surface area contributed by atoms with Crippen molar-refractivity contribution < 1.29 is 29.6 Å². The summed E-state index contributed by atoms with van der Waals surface area (Å²) < 4.78 is 11.1. The molecule has 214 valence electrons. The first-order valence-electron chi connectivity index (χ1n) is 14.4. The van der Waals surface area contributed by atoms with Crippen LogP contribution < -0.4 is 10.1 Å². The van der Waals surface area contributed by atoms with Crippen LogP contribution in [0.15, 0.2) is 42.6 Å². The van der Waals surface area contributed by atoms with Gasteiger partial charge in [-0.05, 0) is 55.5 Å². The van der Waals surface area contributed by atoms with Crippen molar-refractivity contribution in [2.75, 3.05) is 0 Å². The van der Waals surface area contributed by atoms with Gasteiger partial charge < -0.3 is 30.1 Å². The number of aliphatic hydroxyl groups excluding tert-OH is 3. The van der Waals surface area contributed by atoms with Crippen molar-refractivity contribution in [3.05, 3.63) is 48.2 Å². The van der Waals surface area contributed by atoms with Gasteiger partial charge in [-0.3, -0.25) is 4.79 Å². The highest BCUT2D eigenvalue weighted by molar-refractivity contribution is 5.88. The fourth-order valence-electron chi connectivity index (χ4n) is 4.41. The molecular weight excluding hydrogens is 482 g/mol. The van der Waals surface area contributed by atoms with Gasteiger partial charge in [0.05, 0.1) is 6.10 Å². The largest absolute Gasteiger partial charge is 0.462 e. The molecule has 0 aromatic heterocycles. The first kappa shape index (κ1) is 32.0. The lowest BCUT2D eigenvalue weighted by molar-refractivity contribution is -0.268. The van der Waals surface area contributed by atoms with Crippen molar-refractivity contribution in [3.8, 4) is 5.75 Å². The predicted octanol–water partition coefficient (Wildman–Crippen LogP) is 5.48. The lowest BCUT2D eigenvalue weighted by atomic mass is 10.00. The number of benzene rings is 1. The van der Waals surface area contributed by atoms with Gasteiger partial charge in [0.25, 0.3) is 0 Å². The normalized spacial score (nSPS) is 23.9. The van der Waals surface area contributed by atoms with E-state index in [4.69, 9.17) is 9.47 Å². The summed E-state index contributed by atoms with van der Waals surface area (Å²) in [6.45, 7) is 6.19. The third-order valence-electron chi connectivity index (χ3n) is 6.86. The maximum atomic E-state index is 12.0. The van der Waals surface area contributed by atoms with Crippen LogP contribution in [-0.4, -0.2) is 51.9 Å². The van der Waals surface area contributed by atoms with Gasteiger partial charge in [0, 0.05) is 6.20 Å². The molecule has 1 aliphatic rings. The zero-order chi connectivity index (χ0) is 27.8. The number of nitrogens with one attached hydrogen (secondary N) is 1. The van der Waals surface area contributed by atoms with Crippen molar-refractivity contribution >= 4 is 12.0 Å². The molecule has 2 rings (SSSR count). The molecule has 1 aromatic carbocycles. The van der Waals surface area contributed by atoms with E-state index in [0.717, 1.165) is 24.3 Å². The van der Waals surface area contributed by atoms with Gasteiger partial charge in [-0.2, -0.15) is 0 Å². The highest BCUT2D eigenvalue weighted by atomic mass is 16.7. The second kappa shape index (κ2) is 18.2. The molecule has 1 heterocycles. The topological polar surface area (TPSA) is 108 Å². The van der Waals surface area contributed by atoms with E-state index in [1.165, 1.54) is 57.8 Å². The van der Waals surface area contributed by atoms with Gasteiger partial charge in [-0.15, -0.1) is 0 Å². The molecule has 7 nitrogen and oxygen atoms in total. The van der Waals surface area contributed by atoms with Crippen LogP contribution in [0.3, 0.4) is 0 Å². The SMILES string of the molecule is CC(C)CCCCCCCCCCC/C=C\C(=O)N/C=C\c1ccc(O[C@@H]2O[C@@H](C)[C@H](O)[C@@H](O)[C@H]2O)cc1. The van der Waals surface area contributed by atoms with Crippen LogP contribution in [0.1, 0.15) is 97.0 Å². The monoisotopic (exact) mass is 531 g/mol. The Morgan fingerprint density at radius 2 is 1.53 bits per heavy atom. The van der Waals surface area contributed by atoms with Crippen LogP contribution in [0.2, 0.25) is 0 Å². The van der Waals surface area contributed by atoms with E-state index in [1.807, 2.05) is 6.08 Å². The standard InChI is InChI=1S/C31H49NO6/c1-23(2)15-13-11-9-7-5-4-6-8-10-12-14-16-27(33)32-22-21-25-17-19-26(20-18-25)38-31-30(36)29(35)28(34)24(3)37-31/h14,16-24,28-31,34-36H,4-13,15H2,1-3H3,(H,32,33)/b16-14-,22-21-/t24-,28-,29+,30+,31-/m0/s1. The van der Waals surface area contributed by atoms with Crippen LogP contribution in [0.4, 0.5) is 0 Å². The summed E-state index contributed by atoms with van der Waals surface area (Å²) in [5, 5.41) is 32.5. The smallest absolute Gasteiger partial charge is 0.247 e. The summed E-state index contributed by atoms with van der Waals surface area (Å²) >= 11 is 0. The number of carbonyl (C=O) groups is 1. The Hall–Kier alpha value is -2.19. The third-order valence-corrected chi connectivity index (χ3v) is 6.86. The number of hydrogen-bond donors (Lipinski definition) is 4. The first-order valence-corrected chi connectivity index (χ1v) is 14.4. The highest BCUT2D eigenvalue weighted by Gasteiger charge is 2.43. The summed E-state index contributed by atoms with van der Waals surface area (Å²) in [6, 6.07) is 7.00. The fourth-order valence-corrected chi connectivity index (χ4v) is 4.41. The Balaban J connectivity index is 1.54. The lowest BCUT2D eigenvalue weighted by Crippen LogP contribution is -2.58. The van der Waals surface area contributed by atoms with Crippen molar-refractivity contribution in [1.29, 1.82) is 0 Å². The number of rotatable bonds is 17. The molecule has 38 heavy (non-hydrogen) atoms. The molecule has 0 aliphatic carbocycles. The molecular formula is C31H49NO6. The molecule has 1 saturated heterocycles. The number of aliphatic hydroxyl groups is 3. The second-order valence-electron chi connectivity index (χ2n) is 10.8. The molecule has 1 amide bonds. The average Bonchev–Trinajstić information content (AvgIpc) is 2.89. The van der Waals surface area contributed by atoms with Crippen molar-refractivity contribution in [2.24, 2.45) is 5.92 Å². The van der Waals surface area contributed by atoms with Gasteiger partial charge >= 0.3 is 0 Å². The van der Waals surface area contributed by atoms with Crippen LogP contribution >= 0.6 is 0 Å². The summed E-state index contributed by atoms with van der Waals surface area (Å²) in [5.41, 5.74) is 0.853. The molecule has 0 bridgehead atoms. The summed E-state index contributed by atoms with van der Waals surface area (Å²) in [4.78, 5) is 12.0. The van der Waals surface area contributed by atoms with E-state index in [9.17, 15) is 20.1 Å². The summed E-state index contributed by atoms with van der Waals surface area (Å²) in [6.07, 6.45) is 15.3. The van der Waals surface area contributed by atoms with Crippen LogP contribution in [0.25, 0.3) is 6.08 Å². The molecule has 1 fully saturated rings. The molecule has 0 unspecified atom stereocenters. The van der Waals surface area contributed by atoms with Crippen molar-refractivity contribution in [1.82, 2.24) is 5.32 Å². The number of allylic oxidation sites excluding steroid dienone is 1. The fraction of sp³-hybridized carbons (Fsp3) is 0.645. The highest BCUT2D eigenvalue weighted by Crippen LogP contribution is 2.24. The van der Waals surface area contributed by atoms with E-state index in [0.29, 0.717) is 5.75 Å². The quantitative estimate of drug-likeness (QED) is 0.157. The molecule has 0 radical (unpaired) electrons. The molecule has 5 atom stereocenters. The van der Waals surface area contributed by atoms with Crippen LogP contribution in [0, 0.1) is 5.92 Å². The zero-order valence-corrected chi connectivity index (χ0v) is 23.4. The Morgan fingerprint density at radius 3 is 2.16 bits per heavy atom. The van der Waals surface area contributed by atoms with E-state index < -0.39 is 30.7 Å². The number of ether oxygens (including phenoxy) is 2. The van der Waals surface area contributed by atoms with Gasteiger partial charge in [0.15, 0.2) is 0 Å². The molecule has 7 heteroatoms. The first-order chi connectivity index (χ1) is 18.3. The van der Waals surface area contributed by atoms with E-state index >= 15 is 0 Å². The minimum absolute atomic E-state index is 0.156. The Kier molecular flexibility index (Phi) is 15.3. The van der Waals surface area contributed by atoms with Crippen molar-refractivity contribution in [3.63, 3.8) is 0 Å². The molecule has 0 spiro atoms. The Bertz CT molecular complexity index is 837. The molecule has 4 N–H and O–H groups in total. The minimum atomic E-state index is -1.36. The van der Waals surface area contributed by atoms with Gasteiger partial charge in [0.2, 0.25) is 12.2 Å². The van der Waals surface area contributed by atoms with Gasteiger partial charge in [-0.1, -0.05) is 89.8 Å². The van der Waals surface area contributed by atoms with E-state index in [-0.39, 0.29) is 5.91 Å². The third kappa shape index (κ3) is 12.6. The van der Waals surface area contributed by atoms with Crippen molar-refractivity contribution in [2.45, 2.75) is 122 Å². The van der Waals surface area contributed by atoms with E-state index in [2.05, 4.69) is 19.2 Å². The maximum Gasteiger partial charge on any atom is 0.247 e. The average molecular weight is 532 g/mol. The zero-order valence-electron chi connectivity index (χ0n) is 23.4. The number of amides is 1. The van der Waals surface area contributed by atoms with Crippen LogP contribution in [0.5, 0.6) is 5.75 Å². The van der Waals surface area contributed by atoms with Gasteiger partial charge in [-0.25, -0.2) is 0 Å². The predicted molar refractivity (Wildman–Crippen MR) is 151 cm³/mol. The second-order valence-corrected chi connectivity index (χ2v) is 10.8. The van der Waals surface area contributed by atoms with E-state index in [1.54, 1.807) is 49.5 Å². The number of carbonyl (C=O) groups excluding carboxylic acids is 1. The molecule has 1 aromatic rings.